The van der Waals surface area contributed by atoms with Gasteiger partial charge in [-0.3, -0.25) is 15.1 Å². The minimum absolute atomic E-state index is 0.0999. The standard InChI is InChI=1S/C16H21N3O6/c1-15(2,3)25-14(23)18-11-6-10(7-17-8-11)12(20)19-16(13(21)22)4-5-24-9-16/h6-8H,4-5,9H2,1-3H3,(H,18,23)(H,19,20)(H,21,22). The van der Waals surface area contributed by atoms with Gasteiger partial charge in [0.25, 0.3) is 5.91 Å². The maximum absolute atomic E-state index is 12.4. The van der Waals surface area contributed by atoms with E-state index in [2.05, 4.69) is 15.6 Å². The third-order valence-electron chi connectivity index (χ3n) is 3.43. The highest BCUT2D eigenvalue weighted by atomic mass is 16.6. The van der Waals surface area contributed by atoms with Gasteiger partial charge in [0.2, 0.25) is 0 Å². The summed E-state index contributed by atoms with van der Waals surface area (Å²) in [5, 5.41) is 14.3. The number of hydrogen-bond donors (Lipinski definition) is 3. The summed E-state index contributed by atoms with van der Waals surface area (Å²) in [7, 11) is 0. The Morgan fingerprint density at radius 3 is 2.60 bits per heavy atom. The summed E-state index contributed by atoms with van der Waals surface area (Å²) in [4.78, 5) is 39.5. The molecule has 136 valence electrons. The number of nitrogens with zero attached hydrogens (tertiary/aromatic N) is 1. The van der Waals surface area contributed by atoms with E-state index >= 15 is 0 Å². The topological polar surface area (TPSA) is 127 Å². The number of hydrogen-bond acceptors (Lipinski definition) is 6. The molecule has 1 aliphatic rings. The first-order valence-corrected chi connectivity index (χ1v) is 7.70. The zero-order valence-electron chi connectivity index (χ0n) is 14.3. The maximum atomic E-state index is 12.4. The van der Waals surface area contributed by atoms with Crippen LogP contribution in [0.5, 0.6) is 0 Å². The van der Waals surface area contributed by atoms with Crippen LogP contribution in [-0.2, 0) is 14.3 Å². The van der Waals surface area contributed by atoms with Gasteiger partial charge in [0.05, 0.1) is 24.1 Å². The molecule has 1 aliphatic heterocycles. The van der Waals surface area contributed by atoms with Crippen LogP contribution >= 0.6 is 0 Å². The molecule has 2 heterocycles. The summed E-state index contributed by atoms with van der Waals surface area (Å²) in [6.45, 7) is 5.33. The molecule has 0 spiro atoms. The van der Waals surface area contributed by atoms with E-state index in [0.29, 0.717) is 0 Å². The number of carbonyl (C=O) groups is 3. The molecule has 0 bridgehead atoms. The molecule has 9 nitrogen and oxygen atoms in total. The smallest absolute Gasteiger partial charge is 0.412 e. The molecule has 9 heteroatoms. The monoisotopic (exact) mass is 351 g/mol. The van der Waals surface area contributed by atoms with Gasteiger partial charge in [0, 0.05) is 19.2 Å². The molecule has 1 aromatic heterocycles. The number of ether oxygens (including phenoxy) is 2. The second-order valence-corrected chi connectivity index (χ2v) is 6.73. The van der Waals surface area contributed by atoms with Crippen molar-refractivity contribution in [2.45, 2.75) is 38.3 Å². The quantitative estimate of drug-likeness (QED) is 0.748. The second-order valence-electron chi connectivity index (χ2n) is 6.73. The lowest BCUT2D eigenvalue weighted by Gasteiger charge is -2.23. The summed E-state index contributed by atoms with van der Waals surface area (Å²) < 4.78 is 10.2. The molecule has 25 heavy (non-hydrogen) atoms. The Kier molecular flexibility index (Phi) is 5.27. The van der Waals surface area contributed by atoms with Crippen LogP contribution in [0.2, 0.25) is 0 Å². The Bertz CT molecular complexity index is 677. The van der Waals surface area contributed by atoms with Crippen molar-refractivity contribution in [2.75, 3.05) is 18.5 Å². The Morgan fingerprint density at radius 2 is 2.04 bits per heavy atom. The van der Waals surface area contributed by atoms with Gasteiger partial charge in [0.1, 0.15) is 5.60 Å². The molecular formula is C16H21N3O6. The number of pyridine rings is 1. The van der Waals surface area contributed by atoms with Crippen molar-refractivity contribution in [3.05, 3.63) is 24.0 Å². The second kappa shape index (κ2) is 7.06. The normalized spacial score (nSPS) is 20.0. The number of carboxylic acids is 1. The molecule has 0 aliphatic carbocycles. The number of anilines is 1. The van der Waals surface area contributed by atoms with Crippen molar-refractivity contribution in [3.8, 4) is 0 Å². The number of carboxylic acid groups (broad SMARTS) is 1. The lowest BCUT2D eigenvalue weighted by atomic mass is 9.98. The number of rotatable bonds is 4. The SMILES string of the molecule is CC(C)(C)OC(=O)Nc1cncc(C(=O)NC2(C(=O)O)CCOC2)c1. The zero-order chi connectivity index (χ0) is 18.7. The van der Waals surface area contributed by atoms with Gasteiger partial charge in [-0.25, -0.2) is 9.59 Å². The van der Waals surface area contributed by atoms with Crippen molar-refractivity contribution in [2.24, 2.45) is 0 Å². The van der Waals surface area contributed by atoms with E-state index in [0.717, 1.165) is 0 Å². The molecule has 0 aromatic carbocycles. The predicted octanol–water partition coefficient (Wildman–Crippen LogP) is 1.40. The van der Waals surface area contributed by atoms with Crippen LogP contribution in [0.4, 0.5) is 10.5 Å². The van der Waals surface area contributed by atoms with Crippen molar-refractivity contribution < 1.29 is 29.0 Å². The first-order valence-electron chi connectivity index (χ1n) is 7.70. The lowest BCUT2D eigenvalue weighted by Crippen LogP contribution is -2.55. The molecule has 0 saturated carbocycles. The van der Waals surface area contributed by atoms with Crippen molar-refractivity contribution in [1.29, 1.82) is 0 Å². The highest BCUT2D eigenvalue weighted by molar-refractivity contribution is 5.99. The molecule has 1 saturated heterocycles. The maximum Gasteiger partial charge on any atom is 0.412 e. The minimum Gasteiger partial charge on any atom is -0.479 e. The van der Waals surface area contributed by atoms with Gasteiger partial charge in [0.15, 0.2) is 5.54 Å². The molecule has 1 atom stereocenters. The van der Waals surface area contributed by atoms with Crippen LogP contribution in [0.3, 0.4) is 0 Å². The van der Waals surface area contributed by atoms with E-state index < -0.39 is 29.1 Å². The number of aliphatic carboxylic acids is 1. The first-order chi connectivity index (χ1) is 11.6. The van der Waals surface area contributed by atoms with Crippen LogP contribution in [0.15, 0.2) is 18.5 Å². The fourth-order valence-electron chi connectivity index (χ4n) is 2.23. The van der Waals surface area contributed by atoms with Gasteiger partial charge in [-0.1, -0.05) is 0 Å². The highest BCUT2D eigenvalue weighted by Gasteiger charge is 2.44. The van der Waals surface area contributed by atoms with Gasteiger partial charge in [-0.05, 0) is 26.8 Å². The minimum atomic E-state index is -1.45. The third kappa shape index (κ3) is 4.90. The summed E-state index contributed by atoms with van der Waals surface area (Å²) >= 11 is 0. The lowest BCUT2D eigenvalue weighted by molar-refractivity contribution is -0.144. The summed E-state index contributed by atoms with van der Waals surface area (Å²) in [6.07, 6.45) is 2.13. The fraction of sp³-hybridized carbons (Fsp3) is 0.500. The van der Waals surface area contributed by atoms with Gasteiger partial charge >= 0.3 is 12.1 Å². The third-order valence-corrected chi connectivity index (χ3v) is 3.43. The van der Waals surface area contributed by atoms with Crippen molar-refractivity contribution in [1.82, 2.24) is 10.3 Å². The van der Waals surface area contributed by atoms with Gasteiger partial charge in [-0.2, -0.15) is 0 Å². The highest BCUT2D eigenvalue weighted by Crippen LogP contribution is 2.20. The Balaban J connectivity index is 2.08. The zero-order valence-corrected chi connectivity index (χ0v) is 14.3. The number of amides is 2. The number of aromatic nitrogens is 1. The first kappa shape index (κ1) is 18.7. The van der Waals surface area contributed by atoms with E-state index in [-0.39, 0.29) is 30.9 Å². The fourth-order valence-corrected chi connectivity index (χ4v) is 2.23. The van der Waals surface area contributed by atoms with E-state index in [1.165, 1.54) is 18.5 Å². The number of carbonyl (C=O) groups excluding carboxylic acids is 2. The van der Waals surface area contributed by atoms with Crippen molar-refractivity contribution >= 4 is 23.7 Å². The molecule has 1 aromatic rings. The van der Waals surface area contributed by atoms with E-state index in [4.69, 9.17) is 9.47 Å². The number of nitrogens with one attached hydrogen (secondary N) is 2. The molecular weight excluding hydrogens is 330 g/mol. The van der Waals surface area contributed by atoms with Crippen LogP contribution < -0.4 is 10.6 Å². The average Bonchev–Trinajstić information content (AvgIpc) is 2.95. The summed E-state index contributed by atoms with van der Waals surface area (Å²) in [5.74, 6) is -1.78. The van der Waals surface area contributed by atoms with Gasteiger partial charge < -0.3 is 19.9 Å². The molecule has 0 radical (unpaired) electrons. The molecule has 1 fully saturated rings. The Hall–Kier alpha value is -2.68. The van der Waals surface area contributed by atoms with Crippen LogP contribution in [-0.4, -0.2) is 52.4 Å². The summed E-state index contributed by atoms with van der Waals surface area (Å²) in [5.41, 5.74) is -1.75. The van der Waals surface area contributed by atoms with E-state index in [1.807, 2.05) is 0 Å². The summed E-state index contributed by atoms with van der Waals surface area (Å²) in [6, 6.07) is 1.39. The largest absolute Gasteiger partial charge is 0.479 e. The van der Waals surface area contributed by atoms with Gasteiger partial charge in [-0.15, -0.1) is 0 Å². The Morgan fingerprint density at radius 1 is 1.32 bits per heavy atom. The molecule has 2 amide bonds. The van der Waals surface area contributed by atoms with Crippen molar-refractivity contribution in [3.63, 3.8) is 0 Å². The molecule has 3 N–H and O–H groups in total. The average molecular weight is 351 g/mol. The predicted molar refractivity (Wildman–Crippen MR) is 87.4 cm³/mol. The molecule has 1 unspecified atom stereocenters. The Labute approximate surface area is 144 Å². The van der Waals surface area contributed by atoms with Crippen LogP contribution in [0, 0.1) is 0 Å². The van der Waals surface area contributed by atoms with Crippen LogP contribution in [0.1, 0.15) is 37.6 Å². The molecule has 2 rings (SSSR count). The van der Waals surface area contributed by atoms with Crippen LogP contribution in [0.25, 0.3) is 0 Å². The van der Waals surface area contributed by atoms with E-state index in [9.17, 15) is 19.5 Å². The van der Waals surface area contributed by atoms with E-state index in [1.54, 1.807) is 20.8 Å².